The second kappa shape index (κ2) is 4.40. The molecular weight excluding hydrogens is 164 g/mol. The van der Waals surface area contributed by atoms with Gasteiger partial charge >= 0.3 is 0 Å². The lowest BCUT2D eigenvalue weighted by molar-refractivity contribution is -0.0784. The lowest BCUT2D eigenvalue weighted by Crippen LogP contribution is -2.44. The van der Waals surface area contributed by atoms with Gasteiger partial charge in [-0.3, -0.25) is 4.84 Å². The van der Waals surface area contributed by atoms with Crippen molar-refractivity contribution in [2.24, 2.45) is 11.8 Å². The van der Waals surface area contributed by atoms with Crippen molar-refractivity contribution in [1.82, 2.24) is 4.90 Å². The summed E-state index contributed by atoms with van der Waals surface area (Å²) in [5, 5.41) is 0. The van der Waals surface area contributed by atoms with E-state index in [2.05, 4.69) is 25.7 Å². The Bertz CT molecular complexity index is 151. The van der Waals surface area contributed by atoms with Gasteiger partial charge in [0.1, 0.15) is 0 Å². The van der Waals surface area contributed by atoms with E-state index in [1.54, 1.807) is 0 Å². The van der Waals surface area contributed by atoms with E-state index in [4.69, 9.17) is 10.7 Å². The highest BCUT2D eigenvalue weighted by Gasteiger charge is 2.32. The molecular formula is C10H22N2O. The van der Waals surface area contributed by atoms with Crippen LogP contribution in [0, 0.1) is 5.92 Å². The molecule has 1 saturated heterocycles. The fraction of sp³-hybridized carbons (Fsp3) is 1.00. The first kappa shape index (κ1) is 11.0. The molecule has 0 bridgehead atoms. The summed E-state index contributed by atoms with van der Waals surface area (Å²) in [7, 11) is 0. The van der Waals surface area contributed by atoms with Gasteiger partial charge in [0.15, 0.2) is 0 Å². The van der Waals surface area contributed by atoms with E-state index < -0.39 is 0 Å². The third-order valence-corrected chi connectivity index (χ3v) is 3.32. The first-order valence-corrected chi connectivity index (χ1v) is 5.20. The van der Waals surface area contributed by atoms with Crippen LogP contribution in [0.2, 0.25) is 0 Å². The van der Waals surface area contributed by atoms with Crippen molar-refractivity contribution >= 4 is 0 Å². The normalized spacial score (nSPS) is 22.2. The predicted molar refractivity (Wildman–Crippen MR) is 54.2 cm³/mol. The molecule has 2 N–H and O–H groups in total. The van der Waals surface area contributed by atoms with Crippen LogP contribution in [0.5, 0.6) is 0 Å². The maximum absolute atomic E-state index is 5.29. The maximum Gasteiger partial charge on any atom is 0.0866 e. The molecule has 0 aromatic rings. The largest absolute Gasteiger partial charge is 0.304 e. The van der Waals surface area contributed by atoms with E-state index in [0.29, 0.717) is 5.92 Å². The van der Waals surface area contributed by atoms with Gasteiger partial charge in [-0.05, 0) is 52.2 Å². The standard InChI is InChI=1S/C10H22N2O/c1-4-12-7-5-9(6-8-12)10(2,3)13-11/h9H,4-8,11H2,1-3H3. The molecule has 0 saturated carbocycles. The summed E-state index contributed by atoms with van der Waals surface area (Å²) >= 11 is 0. The fourth-order valence-electron chi connectivity index (χ4n) is 2.04. The van der Waals surface area contributed by atoms with Crippen LogP contribution in [0.15, 0.2) is 0 Å². The van der Waals surface area contributed by atoms with Crippen molar-refractivity contribution < 1.29 is 4.84 Å². The number of nitrogens with zero attached hydrogens (tertiary/aromatic N) is 1. The number of hydrogen-bond acceptors (Lipinski definition) is 3. The van der Waals surface area contributed by atoms with Gasteiger partial charge in [0, 0.05) is 0 Å². The smallest absolute Gasteiger partial charge is 0.0866 e. The Morgan fingerprint density at radius 1 is 1.38 bits per heavy atom. The van der Waals surface area contributed by atoms with Crippen LogP contribution in [-0.2, 0) is 4.84 Å². The Hall–Kier alpha value is -0.120. The first-order chi connectivity index (χ1) is 6.10. The molecule has 13 heavy (non-hydrogen) atoms. The minimum absolute atomic E-state index is 0.153. The minimum Gasteiger partial charge on any atom is -0.304 e. The molecule has 0 aromatic carbocycles. The van der Waals surface area contributed by atoms with E-state index in [1.165, 1.54) is 25.9 Å². The maximum atomic E-state index is 5.29. The molecule has 0 unspecified atom stereocenters. The van der Waals surface area contributed by atoms with Crippen LogP contribution in [0.25, 0.3) is 0 Å². The zero-order chi connectivity index (χ0) is 9.90. The van der Waals surface area contributed by atoms with Gasteiger partial charge in [0.05, 0.1) is 5.60 Å². The Balaban J connectivity index is 2.40. The van der Waals surface area contributed by atoms with E-state index in [0.717, 1.165) is 6.54 Å². The highest BCUT2D eigenvalue weighted by Crippen LogP contribution is 2.29. The average molecular weight is 186 g/mol. The summed E-state index contributed by atoms with van der Waals surface area (Å²) in [5.74, 6) is 5.90. The Labute approximate surface area is 81.2 Å². The zero-order valence-corrected chi connectivity index (χ0v) is 9.05. The third-order valence-electron chi connectivity index (χ3n) is 3.32. The Morgan fingerprint density at radius 2 is 1.92 bits per heavy atom. The Kier molecular flexibility index (Phi) is 3.71. The van der Waals surface area contributed by atoms with Gasteiger partial charge in [0.2, 0.25) is 0 Å². The Morgan fingerprint density at radius 3 is 2.31 bits per heavy atom. The van der Waals surface area contributed by atoms with E-state index in [-0.39, 0.29) is 5.60 Å². The molecule has 0 aliphatic carbocycles. The molecule has 1 heterocycles. The molecule has 1 rings (SSSR count). The molecule has 0 atom stereocenters. The summed E-state index contributed by atoms with van der Waals surface area (Å²) in [6.07, 6.45) is 2.41. The number of hydrogen-bond donors (Lipinski definition) is 1. The van der Waals surface area contributed by atoms with Gasteiger partial charge in [-0.2, -0.15) is 0 Å². The van der Waals surface area contributed by atoms with Gasteiger partial charge < -0.3 is 4.90 Å². The van der Waals surface area contributed by atoms with Crippen molar-refractivity contribution in [3.63, 3.8) is 0 Å². The molecule has 3 heteroatoms. The van der Waals surface area contributed by atoms with E-state index in [9.17, 15) is 0 Å². The highest BCUT2D eigenvalue weighted by molar-refractivity contribution is 4.83. The van der Waals surface area contributed by atoms with Gasteiger partial charge in [-0.25, -0.2) is 5.90 Å². The lowest BCUT2D eigenvalue weighted by atomic mass is 9.83. The monoisotopic (exact) mass is 186 g/mol. The molecule has 0 aromatic heterocycles. The van der Waals surface area contributed by atoms with Crippen LogP contribution in [0.4, 0.5) is 0 Å². The average Bonchev–Trinajstić information content (AvgIpc) is 2.18. The van der Waals surface area contributed by atoms with Crippen molar-refractivity contribution in [1.29, 1.82) is 0 Å². The first-order valence-electron chi connectivity index (χ1n) is 5.20. The topological polar surface area (TPSA) is 38.5 Å². The number of piperidine rings is 1. The van der Waals surface area contributed by atoms with Crippen molar-refractivity contribution in [2.75, 3.05) is 19.6 Å². The van der Waals surface area contributed by atoms with Gasteiger partial charge in [0.25, 0.3) is 0 Å². The number of nitrogens with two attached hydrogens (primary N) is 1. The third kappa shape index (κ3) is 2.66. The summed E-state index contributed by atoms with van der Waals surface area (Å²) in [6, 6.07) is 0. The van der Waals surface area contributed by atoms with Crippen LogP contribution in [0.1, 0.15) is 33.6 Å². The van der Waals surface area contributed by atoms with Crippen LogP contribution in [0.3, 0.4) is 0 Å². The van der Waals surface area contributed by atoms with Crippen molar-refractivity contribution in [2.45, 2.75) is 39.2 Å². The van der Waals surface area contributed by atoms with Crippen LogP contribution in [-0.4, -0.2) is 30.1 Å². The zero-order valence-electron chi connectivity index (χ0n) is 9.05. The number of rotatable bonds is 3. The summed E-state index contributed by atoms with van der Waals surface area (Å²) in [6.45, 7) is 9.92. The summed E-state index contributed by atoms with van der Waals surface area (Å²) < 4.78 is 0. The number of likely N-dealkylation sites (tertiary alicyclic amines) is 1. The molecule has 1 aliphatic rings. The molecule has 3 nitrogen and oxygen atoms in total. The van der Waals surface area contributed by atoms with Crippen LogP contribution >= 0.6 is 0 Å². The van der Waals surface area contributed by atoms with Gasteiger partial charge in [-0.15, -0.1) is 0 Å². The van der Waals surface area contributed by atoms with Crippen molar-refractivity contribution in [3.8, 4) is 0 Å². The molecule has 0 amide bonds. The molecule has 1 fully saturated rings. The molecule has 78 valence electrons. The summed E-state index contributed by atoms with van der Waals surface area (Å²) in [5.41, 5.74) is -0.153. The van der Waals surface area contributed by atoms with E-state index in [1.807, 2.05) is 0 Å². The molecule has 1 aliphatic heterocycles. The second-order valence-electron chi connectivity index (χ2n) is 4.43. The second-order valence-corrected chi connectivity index (χ2v) is 4.43. The van der Waals surface area contributed by atoms with Crippen molar-refractivity contribution in [3.05, 3.63) is 0 Å². The highest BCUT2D eigenvalue weighted by atomic mass is 16.6. The summed E-state index contributed by atoms with van der Waals surface area (Å²) in [4.78, 5) is 7.50. The quantitative estimate of drug-likeness (QED) is 0.677. The van der Waals surface area contributed by atoms with E-state index >= 15 is 0 Å². The minimum atomic E-state index is -0.153. The lowest BCUT2D eigenvalue weighted by Gasteiger charge is -2.38. The SMILES string of the molecule is CCN1CCC(C(C)(C)ON)CC1. The van der Waals surface area contributed by atoms with Gasteiger partial charge in [-0.1, -0.05) is 6.92 Å². The molecule has 0 radical (unpaired) electrons. The predicted octanol–water partition coefficient (Wildman–Crippen LogP) is 1.39. The molecule has 0 spiro atoms. The van der Waals surface area contributed by atoms with Crippen LogP contribution < -0.4 is 5.90 Å². The fourth-order valence-corrected chi connectivity index (χ4v) is 2.04.